The zero-order chi connectivity index (χ0) is 80.8. The summed E-state index contributed by atoms with van der Waals surface area (Å²) in [5, 5.41) is 14.4. The first-order valence-electron chi connectivity index (χ1n) is 41.7. The predicted molar refractivity (Wildman–Crippen MR) is 516 cm³/mol. The van der Waals surface area contributed by atoms with Gasteiger partial charge in [-0.1, -0.05) is 376 Å². The van der Waals surface area contributed by atoms with Crippen LogP contribution in [-0.4, -0.2) is 0 Å². The molecule has 21 aromatic carbocycles. The zero-order valence-electron chi connectivity index (χ0n) is 66.7. The van der Waals surface area contributed by atoms with Gasteiger partial charge in [0.05, 0.1) is 0 Å². The van der Waals surface area contributed by atoms with Crippen LogP contribution < -0.4 is 9.80 Å². The number of hydrogen-bond acceptors (Lipinski definition) is 4. The predicted octanol–water partition coefficient (Wildman–Crippen LogP) is 33.7. The van der Waals surface area contributed by atoms with Crippen LogP contribution in [0.3, 0.4) is 0 Å². The topological polar surface area (TPSA) is 32.8 Å². The molecule has 122 heavy (non-hydrogen) atoms. The molecule has 0 aliphatic rings. The number of para-hydroxylation sites is 2. The third-order valence-electron chi connectivity index (χ3n) is 24.1. The molecule has 0 unspecified atom stereocenters. The number of fused-ring (bicyclic) bond motifs is 12. The van der Waals surface area contributed by atoms with Gasteiger partial charge in [0.15, 0.2) is 0 Å². The fourth-order valence-corrected chi connectivity index (χ4v) is 17.9. The second kappa shape index (κ2) is 31.4. The molecule has 23 aromatic rings. The molecule has 4 nitrogen and oxygen atoms in total. The van der Waals surface area contributed by atoms with Gasteiger partial charge in [-0.15, -0.1) is 0 Å². The summed E-state index contributed by atoms with van der Waals surface area (Å²) in [5.41, 5.74) is 31.1. The molecule has 0 amide bonds. The summed E-state index contributed by atoms with van der Waals surface area (Å²) in [5.74, 6) is 0. The van der Waals surface area contributed by atoms with E-state index >= 15 is 0 Å². The highest BCUT2D eigenvalue weighted by Gasteiger charge is 2.22. The van der Waals surface area contributed by atoms with E-state index in [0.717, 1.165) is 134 Å². The number of rotatable bonds is 15. The van der Waals surface area contributed by atoms with Crippen LogP contribution in [0.5, 0.6) is 0 Å². The Bertz CT molecular complexity index is 7780. The monoisotopic (exact) mass is 1550 g/mol. The van der Waals surface area contributed by atoms with Crippen LogP contribution in [0.15, 0.2) is 482 Å². The van der Waals surface area contributed by atoms with E-state index in [1.54, 1.807) is 0 Å². The van der Waals surface area contributed by atoms with Crippen LogP contribution in [0.4, 0.5) is 34.1 Å². The number of hydrogen-bond donors (Lipinski definition) is 0. The van der Waals surface area contributed by atoms with Crippen LogP contribution in [-0.2, 0) is 0 Å². The van der Waals surface area contributed by atoms with Gasteiger partial charge in [0.2, 0.25) is 0 Å². The van der Waals surface area contributed by atoms with E-state index in [0.29, 0.717) is 0 Å². The normalized spacial score (nSPS) is 11.4. The third kappa shape index (κ3) is 13.7. The number of benzene rings is 21. The van der Waals surface area contributed by atoms with Crippen LogP contribution in [0.1, 0.15) is 0 Å². The Kier molecular flexibility index (Phi) is 18.6. The first kappa shape index (κ1) is 72.3. The molecule has 0 spiro atoms. The van der Waals surface area contributed by atoms with Gasteiger partial charge in [0.25, 0.3) is 0 Å². The minimum absolute atomic E-state index is 0.893. The highest BCUT2D eigenvalue weighted by Crippen LogP contribution is 2.47. The van der Waals surface area contributed by atoms with Crippen molar-refractivity contribution >= 4 is 121 Å². The third-order valence-corrected chi connectivity index (χ3v) is 24.1. The van der Waals surface area contributed by atoms with E-state index in [1.165, 1.54) is 87.6 Å². The van der Waals surface area contributed by atoms with Crippen molar-refractivity contribution in [2.45, 2.75) is 0 Å². The van der Waals surface area contributed by atoms with Gasteiger partial charge in [-0.3, -0.25) is 0 Å². The highest BCUT2D eigenvalue weighted by atomic mass is 16.3. The van der Waals surface area contributed by atoms with Gasteiger partial charge in [0, 0.05) is 72.4 Å². The Morgan fingerprint density at radius 2 is 0.410 bits per heavy atom. The lowest BCUT2D eigenvalue weighted by Crippen LogP contribution is -2.09. The minimum Gasteiger partial charge on any atom is -0.455 e. The average molecular weight is 1560 g/mol. The van der Waals surface area contributed by atoms with Crippen LogP contribution in [0.2, 0.25) is 0 Å². The van der Waals surface area contributed by atoms with Crippen molar-refractivity contribution < 1.29 is 8.83 Å². The molecule has 23 rings (SSSR count). The lowest BCUT2D eigenvalue weighted by Gasteiger charge is -2.26. The first-order chi connectivity index (χ1) is 60.4. The van der Waals surface area contributed by atoms with Gasteiger partial charge in [-0.2, -0.15) is 0 Å². The van der Waals surface area contributed by atoms with E-state index < -0.39 is 0 Å². The van der Waals surface area contributed by atoms with Crippen molar-refractivity contribution in [3.05, 3.63) is 473 Å². The molecule has 0 aliphatic heterocycles. The Hall–Kier alpha value is -16.1. The number of anilines is 6. The van der Waals surface area contributed by atoms with Crippen LogP contribution >= 0.6 is 0 Å². The Labute approximate surface area is 708 Å². The molecule has 0 fully saturated rings. The minimum atomic E-state index is 0.893. The molecular formula is C118H78N2O2. The number of furan rings is 2. The highest BCUT2D eigenvalue weighted by molar-refractivity contribution is 6.16. The lowest BCUT2D eigenvalue weighted by atomic mass is 9.95. The summed E-state index contributed by atoms with van der Waals surface area (Å²) in [7, 11) is 0. The molecular weight excluding hydrogens is 1480 g/mol. The summed E-state index contributed by atoms with van der Waals surface area (Å²) < 4.78 is 13.4. The average Bonchev–Trinajstić information content (AvgIpc) is 1.58. The second-order valence-corrected chi connectivity index (χ2v) is 31.4. The summed E-state index contributed by atoms with van der Waals surface area (Å²) in [6.07, 6.45) is 0. The molecule has 2 aromatic heterocycles. The first-order valence-corrected chi connectivity index (χ1v) is 41.7. The maximum Gasteiger partial charge on any atom is 0.143 e. The Morgan fingerprint density at radius 1 is 0.131 bits per heavy atom. The van der Waals surface area contributed by atoms with Gasteiger partial charge < -0.3 is 18.6 Å². The van der Waals surface area contributed by atoms with Crippen molar-refractivity contribution in [3.8, 4) is 100 Å². The molecule has 0 radical (unpaired) electrons. The molecule has 0 N–H and O–H groups in total. The van der Waals surface area contributed by atoms with Crippen LogP contribution in [0, 0.1) is 0 Å². The Morgan fingerprint density at radius 3 is 0.828 bits per heavy atom. The molecule has 572 valence electrons. The van der Waals surface area contributed by atoms with Gasteiger partial charge in [-0.25, -0.2) is 0 Å². The largest absolute Gasteiger partial charge is 0.455 e. The fraction of sp³-hybridized carbons (Fsp3) is 0. The second-order valence-electron chi connectivity index (χ2n) is 31.4. The Balaban J connectivity index is 0.000000146. The summed E-state index contributed by atoms with van der Waals surface area (Å²) in [4.78, 5) is 4.73. The molecule has 4 heteroatoms. The molecule has 0 bridgehead atoms. The van der Waals surface area contributed by atoms with Gasteiger partial charge in [0.1, 0.15) is 22.3 Å². The lowest BCUT2D eigenvalue weighted by molar-refractivity contribution is 0.670. The maximum absolute atomic E-state index is 6.87. The van der Waals surface area contributed by atoms with Crippen molar-refractivity contribution in [1.29, 1.82) is 0 Å². The van der Waals surface area contributed by atoms with Crippen LogP contribution in [0.25, 0.3) is 187 Å². The van der Waals surface area contributed by atoms with E-state index in [9.17, 15) is 0 Å². The summed E-state index contributed by atoms with van der Waals surface area (Å²) >= 11 is 0. The standard InChI is InChI=1S/C62H41NO.C56H37NO/c1-4-13-42(14-5-1)43-23-25-44(26-24-43)45-29-33-52(34-30-45)63(54-37-38-56-50(39-54)28-27-49-19-10-11-20-55(49)56)53-35-31-46(32-36-53)51-40-59(48-17-8-3-9-18-48)62-60(41-51)58-22-12-21-57(61(58)64-62)47-15-6-2-7-16-47;1-3-10-38(11-4-1)39-18-20-40(21-19-39)41-24-29-47(30-25-41)57(49-33-34-51-46(36-49)23-22-44-14-7-8-15-50(44)51)48-31-26-42(27-32-48)45-28-35-55-54(37-45)53-17-9-16-52(56(53)58-55)43-12-5-2-6-13-43/h1-41H;1-37H. The quantitative estimate of drug-likeness (QED) is 0.0958. The number of nitrogens with zero attached hydrogens (tertiary/aromatic N) is 2. The zero-order valence-corrected chi connectivity index (χ0v) is 66.7. The van der Waals surface area contributed by atoms with Crippen molar-refractivity contribution in [2.75, 3.05) is 9.80 Å². The van der Waals surface area contributed by atoms with Crippen molar-refractivity contribution in [2.24, 2.45) is 0 Å². The molecule has 0 saturated carbocycles. The molecule has 2 heterocycles. The van der Waals surface area contributed by atoms with Gasteiger partial charge >= 0.3 is 0 Å². The molecule has 0 saturated heterocycles. The maximum atomic E-state index is 6.87. The molecule has 0 atom stereocenters. The fourth-order valence-electron chi connectivity index (χ4n) is 17.9. The van der Waals surface area contributed by atoms with E-state index in [1.807, 2.05) is 6.07 Å². The molecule has 0 aliphatic carbocycles. The SMILES string of the molecule is c1ccc(-c2ccc(-c3ccc(N(c4ccc(-c5cc(-c6ccccc6)c6oc7c(-c8ccccc8)cccc7c6c5)cc4)c4ccc5c(ccc6ccccc65)c4)cc3)cc2)cc1.c1ccc(-c2ccc(-c3ccc(N(c4ccc(-c5ccc6oc7c(-c8ccccc8)cccc7c6c5)cc4)c4ccc5c(ccc6ccccc65)c4)cc3)cc2)cc1. The van der Waals surface area contributed by atoms with Crippen molar-refractivity contribution in [1.82, 2.24) is 0 Å². The van der Waals surface area contributed by atoms with Gasteiger partial charge in [-0.05, 0) is 224 Å². The van der Waals surface area contributed by atoms with Crippen molar-refractivity contribution in [3.63, 3.8) is 0 Å². The van der Waals surface area contributed by atoms with E-state index in [4.69, 9.17) is 8.83 Å². The smallest absolute Gasteiger partial charge is 0.143 e. The van der Waals surface area contributed by atoms with E-state index in [-0.39, 0.29) is 0 Å². The summed E-state index contributed by atoms with van der Waals surface area (Å²) in [6, 6.07) is 170. The van der Waals surface area contributed by atoms with E-state index in [2.05, 4.69) is 477 Å². The summed E-state index contributed by atoms with van der Waals surface area (Å²) in [6.45, 7) is 0.